The largest absolute Gasteiger partial charge is 0.461 e. The van der Waals surface area contributed by atoms with E-state index in [1.807, 2.05) is 19.1 Å². The maximum Gasteiger partial charge on any atom is 0.327 e. The Kier molecular flexibility index (Phi) is 4.12. The van der Waals surface area contributed by atoms with Crippen LogP contribution < -0.4 is 4.74 Å². The maximum atomic E-state index is 13.8. The van der Waals surface area contributed by atoms with Crippen LogP contribution in [-0.2, 0) is 4.79 Å². The van der Waals surface area contributed by atoms with Crippen LogP contribution in [0.1, 0.15) is 45.7 Å². The number of halogens is 1. The number of Topliss-reactive ketones (excluding diaryl/α,β-unsaturated/α-hetero) is 2. The third kappa shape index (κ3) is 2.20. The molecule has 5 rings (SSSR count). The van der Waals surface area contributed by atoms with Crippen molar-refractivity contribution in [2.75, 3.05) is 0 Å². The van der Waals surface area contributed by atoms with Crippen LogP contribution in [0.25, 0.3) is 0 Å². The Morgan fingerprint density at radius 1 is 1.03 bits per heavy atom. The monoisotopic (exact) mass is 464 g/mol. The Morgan fingerprint density at radius 3 is 2.47 bits per heavy atom. The van der Waals surface area contributed by atoms with Gasteiger partial charge in [-0.25, -0.2) is 0 Å². The Morgan fingerprint density at radius 2 is 1.80 bits per heavy atom. The summed E-state index contributed by atoms with van der Waals surface area (Å²) in [4.78, 5) is 40.9. The fourth-order valence-electron chi connectivity index (χ4n) is 5.18. The van der Waals surface area contributed by atoms with Gasteiger partial charge in [-0.15, -0.1) is 0 Å². The normalized spacial score (nSPS) is 26.3. The smallest absolute Gasteiger partial charge is 0.327 e. The van der Waals surface area contributed by atoms with E-state index in [1.165, 1.54) is 12.3 Å². The molecule has 0 amide bonds. The second-order valence-electron chi connectivity index (χ2n) is 7.64. The summed E-state index contributed by atoms with van der Waals surface area (Å²) in [7, 11) is 0. The summed E-state index contributed by atoms with van der Waals surface area (Å²) in [5.74, 6) is -1.65. The van der Waals surface area contributed by atoms with E-state index in [2.05, 4.69) is 15.9 Å². The molecule has 150 valence electrons. The lowest BCUT2D eigenvalue weighted by atomic mass is 9.80. The van der Waals surface area contributed by atoms with E-state index in [0.717, 1.165) is 4.47 Å². The minimum Gasteiger partial charge on any atom is -0.461 e. The number of esters is 1. The minimum atomic E-state index is -1.65. The molecule has 2 heterocycles. The molecule has 2 aliphatic rings. The molecule has 1 saturated carbocycles. The molecule has 30 heavy (non-hydrogen) atoms. The number of ketones is 2. The molecular formula is C24H17BrO5. The summed E-state index contributed by atoms with van der Waals surface area (Å²) in [6.45, 7) is 1.83. The number of benzene rings is 2. The predicted octanol–water partition coefficient (Wildman–Crippen LogP) is 5.21. The fourth-order valence-corrected chi connectivity index (χ4v) is 5.56. The van der Waals surface area contributed by atoms with Gasteiger partial charge in [-0.2, -0.15) is 0 Å². The molecule has 0 unspecified atom stereocenters. The molecule has 0 radical (unpaired) electrons. The van der Waals surface area contributed by atoms with Gasteiger partial charge < -0.3 is 9.15 Å². The first-order valence-corrected chi connectivity index (χ1v) is 10.5. The summed E-state index contributed by atoms with van der Waals surface area (Å²) in [6.07, 6.45) is 1.69. The van der Waals surface area contributed by atoms with E-state index >= 15 is 0 Å². The van der Waals surface area contributed by atoms with Gasteiger partial charge in [0.2, 0.25) is 5.78 Å². The highest BCUT2D eigenvalue weighted by Crippen LogP contribution is 2.80. The number of hydrogen-bond acceptors (Lipinski definition) is 5. The minimum absolute atomic E-state index is 0.0478. The number of rotatable bonds is 5. The van der Waals surface area contributed by atoms with Gasteiger partial charge in [0.1, 0.15) is 5.75 Å². The lowest BCUT2D eigenvalue weighted by Crippen LogP contribution is -2.39. The highest BCUT2D eigenvalue weighted by Gasteiger charge is 2.89. The van der Waals surface area contributed by atoms with Gasteiger partial charge >= 0.3 is 5.97 Å². The fraction of sp³-hybridized carbons (Fsp3) is 0.208. The zero-order valence-corrected chi connectivity index (χ0v) is 17.6. The van der Waals surface area contributed by atoms with Crippen molar-refractivity contribution in [3.63, 3.8) is 0 Å². The van der Waals surface area contributed by atoms with Crippen molar-refractivity contribution in [2.45, 2.75) is 19.3 Å². The van der Waals surface area contributed by atoms with Gasteiger partial charge in [0.05, 0.1) is 11.7 Å². The van der Waals surface area contributed by atoms with Gasteiger partial charge in [-0.3, -0.25) is 14.4 Å². The second kappa shape index (κ2) is 6.51. The molecular weight excluding hydrogens is 448 g/mol. The predicted molar refractivity (Wildman–Crippen MR) is 111 cm³/mol. The van der Waals surface area contributed by atoms with Crippen LogP contribution in [0.4, 0.5) is 0 Å². The van der Waals surface area contributed by atoms with Crippen molar-refractivity contribution in [3.8, 4) is 5.75 Å². The highest BCUT2D eigenvalue weighted by atomic mass is 79.9. The summed E-state index contributed by atoms with van der Waals surface area (Å²) in [6, 6.07) is 17.2. The number of fused-ring (bicyclic) bond motifs is 3. The van der Waals surface area contributed by atoms with Crippen LogP contribution in [0.5, 0.6) is 5.75 Å². The first-order chi connectivity index (χ1) is 14.5. The quantitative estimate of drug-likeness (QED) is 0.224. The number of hydrogen-bond donors (Lipinski definition) is 0. The average Bonchev–Trinajstić information content (AvgIpc) is 3.07. The van der Waals surface area contributed by atoms with Crippen LogP contribution >= 0.6 is 15.9 Å². The van der Waals surface area contributed by atoms with Crippen molar-refractivity contribution < 1.29 is 23.5 Å². The summed E-state index contributed by atoms with van der Waals surface area (Å²) < 4.78 is 11.8. The van der Waals surface area contributed by atoms with Crippen LogP contribution in [0, 0.1) is 10.8 Å². The van der Waals surface area contributed by atoms with Gasteiger partial charge in [0.25, 0.3) is 0 Å². The molecule has 3 aromatic rings. The van der Waals surface area contributed by atoms with Gasteiger partial charge in [0.15, 0.2) is 17.0 Å². The zero-order valence-electron chi connectivity index (χ0n) is 16.1. The second-order valence-corrected chi connectivity index (χ2v) is 8.55. The van der Waals surface area contributed by atoms with Crippen molar-refractivity contribution in [2.24, 2.45) is 10.8 Å². The third-order valence-electron chi connectivity index (χ3n) is 6.46. The van der Waals surface area contributed by atoms with Gasteiger partial charge in [-0.05, 0) is 36.8 Å². The summed E-state index contributed by atoms with van der Waals surface area (Å²) in [5.41, 5.74) is -1.76. The highest BCUT2D eigenvalue weighted by molar-refractivity contribution is 9.10. The number of carbonyl (C=O) groups excluding carboxylic acids is 3. The summed E-state index contributed by atoms with van der Waals surface area (Å²) >= 11 is 3.46. The molecule has 0 N–H and O–H groups in total. The molecule has 6 heteroatoms. The first-order valence-electron chi connectivity index (χ1n) is 9.68. The van der Waals surface area contributed by atoms with Crippen LogP contribution in [0.15, 0.2) is 75.8 Å². The Hall–Kier alpha value is -2.99. The topological polar surface area (TPSA) is 73.6 Å². The maximum absolute atomic E-state index is 13.8. The summed E-state index contributed by atoms with van der Waals surface area (Å²) in [5, 5.41) is 0. The molecule has 0 bridgehead atoms. The molecule has 2 aromatic carbocycles. The number of furan rings is 1. The average molecular weight is 465 g/mol. The van der Waals surface area contributed by atoms with E-state index in [9.17, 15) is 14.4 Å². The lowest BCUT2D eigenvalue weighted by molar-refractivity contribution is -0.140. The zero-order chi connectivity index (χ0) is 21.1. The van der Waals surface area contributed by atoms with Crippen LogP contribution in [-0.4, -0.2) is 17.5 Å². The van der Waals surface area contributed by atoms with E-state index in [1.54, 1.807) is 42.5 Å². The van der Waals surface area contributed by atoms with Crippen molar-refractivity contribution in [1.82, 2.24) is 0 Å². The van der Waals surface area contributed by atoms with Crippen molar-refractivity contribution in [1.29, 1.82) is 0 Å². The molecule has 1 aliphatic heterocycles. The third-order valence-corrected chi connectivity index (χ3v) is 6.95. The Labute approximate surface area is 181 Å². The van der Waals surface area contributed by atoms with Gasteiger partial charge in [0, 0.05) is 21.5 Å². The van der Waals surface area contributed by atoms with E-state index in [4.69, 9.17) is 9.15 Å². The van der Waals surface area contributed by atoms with Gasteiger partial charge in [-0.1, -0.05) is 53.2 Å². The molecule has 1 aliphatic carbocycles. The molecule has 0 saturated heterocycles. The number of carbonyl (C=O) groups is 3. The van der Waals surface area contributed by atoms with E-state index in [0.29, 0.717) is 23.3 Å². The molecule has 1 fully saturated rings. The van der Waals surface area contributed by atoms with Crippen molar-refractivity contribution >= 4 is 33.5 Å². The Balaban J connectivity index is 1.78. The lowest BCUT2D eigenvalue weighted by Gasteiger charge is -2.22. The SMILES string of the molecule is CC[C@]1(C(=O)c2ccccc2)[C@@H]2c3cc(Br)ccc3OC(=O)[C@@]21C(=O)c1ccco1. The van der Waals surface area contributed by atoms with Crippen LogP contribution in [0.3, 0.4) is 0 Å². The van der Waals surface area contributed by atoms with E-state index in [-0.39, 0.29) is 11.5 Å². The van der Waals surface area contributed by atoms with E-state index < -0.39 is 28.5 Å². The Bertz CT molecular complexity index is 1180. The molecule has 0 spiro atoms. The molecule has 3 atom stereocenters. The molecule has 1 aromatic heterocycles. The first kappa shape index (κ1) is 19.0. The molecule has 5 nitrogen and oxygen atoms in total. The standard InChI is InChI=1S/C24H17BrO5/c1-2-23(20(26)14-7-4-3-5-8-14)19-16-13-15(25)10-11-17(16)30-22(28)24(19,23)21(27)18-9-6-12-29-18/h3-13,19H,2H2,1H3/t19-,23+,24-/m0/s1. The van der Waals surface area contributed by atoms with Crippen molar-refractivity contribution in [3.05, 3.63) is 88.3 Å². The number of ether oxygens (including phenoxy) is 1. The van der Waals surface area contributed by atoms with Crippen LogP contribution in [0.2, 0.25) is 0 Å².